The van der Waals surface area contributed by atoms with Crippen molar-refractivity contribution in [1.82, 2.24) is 0 Å². The number of rotatable bonds is 2. The van der Waals surface area contributed by atoms with Gasteiger partial charge in [-0.15, -0.1) is 0 Å². The topological polar surface area (TPSA) is 60.4 Å². The molecule has 2 aromatic rings. The Kier molecular flexibility index (Phi) is 3.43. The van der Waals surface area contributed by atoms with Gasteiger partial charge < -0.3 is 4.74 Å². The van der Waals surface area contributed by atoms with Crippen molar-refractivity contribution in [2.75, 3.05) is 7.11 Å². The van der Waals surface area contributed by atoms with E-state index in [1.807, 2.05) is 0 Å². The highest BCUT2D eigenvalue weighted by Gasteiger charge is 2.30. The number of ether oxygens (including phenoxy) is 1. The first-order valence-corrected chi connectivity index (χ1v) is 6.71. The van der Waals surface area contributed by atoms with Crippen LogP contribution in [0.5, 0.6) is 0 Å². The minimum Gasteiger partial charge on any atom is -0.466 e. The van der Waals surface area contributed by atoms with Crippen LogP contribution in [0.3, 0.4) is 0 Å². The van der Waals surface area contributed by atoms with Crippen LogP contribution in [0.15, 0.2) is 48.5 Å². The molecule has 0 fully saturated rings. The van der Waals surface area contributed by atoms with Crippen molar-refractivity contribution in [1.29, 1.82) is 0 Å². The van der Waals surface area contributed by atoms with Crippen LogP contribution in [-0.4, -0.2) is 24.6 Å². The van der Waals surface area contributed by atoms with E-state index in [9.17, 15) is 14.4 Å². The lowest BCUT2D eigenvalue weighted by atomic mass is 9.82. The van der Waals surface area contributed by atoms with E-state index in [0.29, 0.717) is 27.8 Å². The molecule has 0 unspecified atom stereocenters. The maximum absolute atomic E-state index is 12.7. The second kappa shape index (κ2) is 5.41. The number of methoxy groups -OCH3 is 1. The number of esters is 1. The van der Waals surface area contributed by atoms with E-state index in [0.717, 1.165) is 0 Å². The van der Waals surface area contributed by atoms with E-state index in [2.05, 4.69) is 4.74 Å². The summed E-state index contributed by atoms with van der Waals surface area (Å²) in [4.78, 5) is 36.5. The number of carbonyl (C=O) groups excluding carboxylic acids is 3. The first-order valence-electron chi connectivity index (χ1n) is 6.71. The summed E-state index contributed by atoms with van der Waals surface area (Å²) in [6.07, 6.45) is 2.72. The molecule has 3 rings (SSSR count). The van der Waals surface area contributed by atoms with Gasteiger partial charge in [0.25, 0.3) is 0 Å². The standard InChI is InChI=1S/C18H12O4/c1-22-15(19)10-9-11-5-4-8-14-16(11)18(21)13-7-3-2-6-12(13)17(14)20/h2-10H,1H3/b10-9+. The highest BCUT2D eigenvalue weighted by molar-refractivity contribution is 6.29. The number of hydrogen-bond donors (Lipinski definition) is 0. The molecular formula is C18H12O4. The summed E-state index contributed by atoms with van der Waals surface area (Å²) in [5, 5.41) is 0. The molecule has 2 aromatic carbocycles. The lowest BCUT2D eigenvalue weighted by molar-refractivity contribution is -0.134. The number of ketones is 2. The van der Waals surface area contributed by atoms with Crippen LogP contribution in [-0.2, 0) is 9.53 Å². The maximum atomic E-state index is 12.7. The average molecular weight is 292 g/mol. The Morgan fingerprint density at radius 2 is 1.55 bits per heavy atom. The zero-order chi connectivity index (χ0) is 15.7. The van der Waals surface area contributed by atoms with E-state index < -0.39 is 5.97 Å². The number of hydrogen-bond acceptors (Lipinski definition) is 4. The fourth-order valence-electron chi connectivity index (χ4n) is 2.54. The van der Waals surface area contributed by atoms with Gasteiger partial charge in [-0.25, -0.2) is 4.79 Å². The Balaban J connectivity index is 2.17. The lowest BCUT2D eigenvalue weighted by Gasteiger charge is -2.18. The van der Waals surface area contributed by atoms with Gasteiger partial charge in [-0.3, -0.25) is 9.59 Å². The van der Waals surface area contributed by atoms with Gasteiger partial charge in [-0.1, -0.05) is 42.5 Å². The summed E-state index contributed by atoms with van der Waals surface area (Å²) in [6.45, 7) is 0. The third-order valence-corrected chi connectivity index (χ3v) is 3.58. The summed E-state index contributed by atoms with van der Waals surface area (Å²) in [5.74, 6) is -0.915. The van der Waals surface area contributed by atoms with E-state index in [4.69, 9.17) is 0 Å². The Hall–Kier alpha value is -3.01. The first-order chi connectivity index (χ1) is 10.6. The summed E-state index contributed by atoms with van der Waals surface area (Å²) < 4.78 is 4.54. The average Bonchev–Trinajstić information content (AvgIpc) is 2.57. The Morgan fingerprint density at radius 1 is 0.909 bits per heavy atom. The zero-order valence-corrected chi connectivity index (χ0v) is 11.8. The monoisotopic (exact) mass is 292 g/mol. The molecule has 0 aliphatic heterocycles. The predicted octanol–water partition coefficient (Wildman–Crippen LogP) is 2.65. The van der Waals surface area contributed by atoms with Crippen molar-refractivity contribution >= 4 is 23.6 Å². The normalized spacial score (nSPS) is 13.0. The van der Waals surface area contributed by atoms with Gasteiger partial charge in [-0.2, -0.15) is 0 Å². The number of carbonyl (C=O) groups is 3. The highest BCUT2D eigenvalue weighted by Crippen LogP contribution is 2.29. The zero-order valence-electron chi connectivity index (χ0n) is 11.8. The molecule has 0 radical (unpaired) electrons. The molecule has 0 saturated carbocycles. The minimum atomic E-state index is -0.521. The third-order valence-electron chi connectivity index (χ3n) is 3.58. The molecule has 0 bridgehead atoms. The van der Waals surface area contributed by atoms with Crippen LogP contribution in [0.2, 0.25) is 0 Å². The van der Waals surface area contributed by atoms with Crippen LogP contribution in [0.4, 0.5) is 0 Å². The van der Waals surface area contributed by atoms with Crippen LogP contribution in [0.25, 0.3) is 6.08 Å². The van der Waals surface area contributed by atoms with Gasteiger partial charge in [0.15, 0.2) is 11.6 Å². The van der Waals surface area contributed by atoms with Crippen LogP contribution in [0.1, 0.15) is 37.4 Å². The molecule has 0 spiro atoms. The Morgan fingerprint density at radius 3 is 2.23 bits per heavy atom. The van der Waals surface area contributed by atoms with Crippen molar-refractivity contribution in [3.8, 4) is 0 Å². The molecule has 0 amide bonds. The van der Waals surface area contributed by atoms with Crippen LogP contribution >= 0.6 is 0 Å². The first kappa shape index (κ1) is 13.9. The fourth-order valence-corrected chi connectivity index (χ4v) is 2.54. The van der Waals surface area contributed by atoms with E-state index >= 15 is 0 Å². The predicted molar refractivity (Wildman–Crippen MR) is 80.8 cm³/mol. The van der Waals surface area contributed by atoms with Gasteiger partial charge >= 0.3 is 5.97 Å². The van der Waals surface area contributed by atoms with Crippen molar-refractivity contribution < 1.29 is 19.1 Å². The van der Waals surface area contributed by atoms with Crippen molar-refractivity contribution in [2.24, 2.45) is 0 Å². The molecule has 22 heavy (non-hydrogen) atoms. The molecule has 0 heterocycles. The molecule has 108 valence electrons. The molecule has 0 N–H and O–H groups in total. The van der Waals surface area contributed by atoms with Crippen molar-refractivity contribution in [3.63, 3.8) is 0 Å². The largest absolute Gasteiger partial charge is 0.466 e. The molecule has 0 saturated heterocycles. The summed E-state index contributed by atoms with van der Waals surface area (Å²) in [6, 6.07) is 11.7. The SMILES string of the molecule is COC(=O)/C=C/c1cccc2c1C(=O)c1ccccc1C2=O. The van der Waals surface area contributed by atoms with E-state index in [1.165, 1.54) is 19.3 Å². The molecular weight excluding hydrogens is 280 g/mol. The Bertz CT molecular complexity index is 831. The smallest absolute Gasteiger partial charge is 0.330 e. The second-order valence-corrected chi connectivity index (χ2v) is 4.83. The van der Waals surface area contributed by atoms with Gasteiger partial charge in [0.1, 0.15) is 0 Å². The highest BCUT2D eigenvalue weighted by atomic mass is 16.5. The third kappa shape index (κ3) is 2.15. The number of fused-ring (bicyclic) bond motifs is 2. The molecule has 4 nitrogen and oxygen atoms in total. The van der Waals surface area contributed by atoms with E-state index in [1.54, 1.807) is 42.5 Å². The van der Waals surface area contributed by atoms with Crippen molar-refractivity contribution in [3.05, 3.63) is 76.4 Å². The van der Waals surface area contributed by atoms with Crippen molar-refractivity contribution in [2.45, 2.75) is 0 Å². The van der Waals surface area contributed by atoms with Crippen LogP contribution < -0.4 is 0 Å². The lowest BCUT2D eigenvalue weighted by Crippen LogP contribution is -2.21. The number of benzene rings is 2. The quantitative estimate of drug-likeness (QED) is 0.538. The van der Waals surface area contributed by atoms with E-state index in [-0.39, 0.29) is 11.6 Å². The molecule has 0 aromatic heterocycles. The van der Waals surface area contributed by atoms with Gasteiger partial charge in [0, 0.05) is 28.3 Å². The maximum Gasteiger partial charge on any atom is 0.330 e. The van der Waals surface area contributed by atoms with Gasteiger partial charge in [-0.05, 0) is 11.6 Å². The molecule has 0 atom stereocenters. The summed E-state index contributed by atoms with van der Waals surface area (Å²) >= 11 is 0. The molecule has 1 aliphatic carbocycles. The molecule has 1 aliphatic rings. The fraction of sp³-hybridized carbons (Fsp3) is 0.0556. The minimum absolute atomic E-state index is 0.182. The van der Waals surface area contributed by atoms with Gasteiger partial charge in [0.2, 0.25) is 0 Å². The Labute approximate surface area is 127 Å². The second-order valence-electron chi connectivity index (χ2n) is 4.83. The van der Waals surface area contributed by atoms with Crippen LogP contribution in [0, 0.1) is 0 Å². The summed E-state index contributed by atoms with van der Waals surface area (Å²) in [7, 11) is 1.28. The van der Waals surface area contributed by atoms with Gasteiger partial charge in [0.05, 0.1) is 7.11 Å². The summed E-state index contributed by atoms with van der Waals surface area (Å²) in [5.41, 5.74) is 2.01. The molecule has 4 heteroatoms.